The minimum atomic E-state index is 0.430. The van der Waals surface area contributed by atoms with Crippen LogP contribution in [0.5, 0.6) is 0 Å². The Morgan fingerprint density at radius 1 is 1.73 bits per heavy atom. The van der Waals surface area contributed by atoms with Crippen molar-refractivity contribution in [1.82, 2.24) is 4.98 Å². The van der Waals surface area contributed by atoms with Crippen LogP contribution in [0.15, 0.2) is 18.3 Å². The van der Waals surface area contributed by atoms with Crippen molar-refractivity contribution in [3.63, 3.8) is 0 Å². The highest BCUT2D eigenvalue weighted by Gasteiger charge is 1.93. The van der Waals surface area contributed by atoms with Crippen LogP contribution >= 0.6 is 0 Å². The van der Waals surface area contributed by atoms with Crippen molar-refractivity contribution in [2.45, 2.75) is 6.61 Å². The van der Waals surface area contributed by atoms with Crippen molar-refractivity contribution in [3.05, 3.63) is 29.6 Å². The SMILES string of the molecule is COCc1ccnc(C#N)c1. The van der Waals surface area contributed by atoms with Crippen molar-refractivity contribution in [2.24, 2.45) is 0 Å². The largest absolute Gasteiger partial charge is 0.380 e. The number of hydrogen-bond donors (Lipinski definition) is 0. The molecule has 0 aromatic carbocycles. The van der Waals surface area contributed by atoms with E-state index in [2.05, 4.69) is 4.98 Å². The summed E-state index contributed by atoms with van der Waals surface area (Å²) in [6.45, 7) is 0.525. The Bertz CT molecular complexity index is 278. The molecule has 3 nitrogen and oxygen atoms in total. The lowest BCUT2D eigenvalue weighted by molar-refractivity contribution is 0.185. The van der Waals surface area contributed by atoms with Crippen LogP contribution in [0.2, 0.25) is 0 Å². The maximum Gasteiger partial charge on any atom is 0.140 e. The van der Waals surface area contributed by atoms with Gasteiger partial charge >= 0.3 is 0 Å². The Morgan fingerprint density at radius 3 is 3.18 bits per heavy atom. The van der Waals surface area contributed by atoms with E-state index in [-0.39, 0.29) is 0 Å². The number of nitriles is 1. The molecule has 0 saturated carbocycles. The standard InChI is InChI=1S/C8H8N2O/c1-11-6-7-2-3-10-8(4-7)5-9/h2-4H,6H2,1H3. The molecule has 0 amide bonds. The highest BCUT2D eigenvalue weighted by atomic mass is 16.5. The lowest BCUT2D eigenvalue weighted by Gasteiger charge is -1.97. The fraction of sp³-hybridized carbons (Fsp3) is 0.250. The lowest BCUT2D eigenvalue weighted by atomic mass is 10.2. The van der Waals surface area contributed by atoms with E-state index in [4.69, 9.17) is 10.00 Å². The molecular formula is C8H8N2O. The van der Waals surface area contributed by atoms with Crippen LogP contribution in [-0.2, 0) is 11.3 Å². The maximum atomic E-state index is 8.48. The Kier molecular flexibility index (Phi) is 2.59. The van der Waals surface area contributed by atoms with E-state index < -0.39 is 0 Å². The number of pyridine rings is 1. The summed E-state index contributed by atoms with van der Waals surface area (Å²) in [5.41, 5.74) is 1.40. The first-order valence-electron chi connectivity index (χ1n) is 3.21. The Balaban J connectivity index is 2.85. The van der Waals surface area contributed by atoms with Gasteiger partial charge < -0.3 is 4.74 Å². The average molecular weight is 148 g/mol. The van der Waals surface area contributed by atoms with Gasteiger partial charge in [-0.25, -0.2) is 4.98 Å². The van der Waals surface area contributed by atoms with E-state index in [1.54, 1.807) is 19.4 Å². The van der Waals surface area contributed by atoms with Crippen LogP contribution < -0.4 is 0 Å². The fourth-order valence-electron chi connectivity index (χ4n) is 0.792. The van der Waals surface area contributed by atoms with E-state index >= 15 is 0 Å². The van der Waals surface area contributed by atoms with Crippen molar-refractivity contribution in [1.29, 1.82) is 5.26 Å². The predicted molar refractivity (Wildman–Crippen MR) is 39.7 cm³/mol. The molecule has 0 saturated heterocycles. The monoisotopic (exact) mass is 148 g/mol. The normalized spacial score (nSPS) is 9.09. The molecule has 0 N–H and O–H groups in total. The van der Waals surface area contributed by atoms with E-state index in [0.717, 1.165) is 5.56 Å². The van der Waals surface area contributed by atoms with Crippen LogP contribution in [0.3, 0.4) is 0 Å². The minimum absolute atomic E-state index is 0.430. The molecule has 1 aromatic rings. The lowest BCUT2D eigenvalue weighted by Crippen LogP contribution is -1.89. The molecule has 11 heavy (non-hydrogen) atoms. The molecule has 1 heterocycles. The molecule has 0 spiro atoms. The highest BCUT2D eigenvalue weighted by molar-refractivity contribution is 5.24. The zero-order valence-electron chi connectivity index (χ0n) is 6.24. The summed E-state index contributed by atoms with van der Waals surface area (Å²) in [4.78, 5) is 3.82. The van der Waals surface area contributed by atoms with Crippen LogP contribution in [0.25, 0.3) is 0 Å². The van der Waals surface area contributed by atoms with E-state index in [9.17, 15) is 0 Å². The van der Waals surface area contributed by atoms with Gasteiger partial charge in [0.25, 0.3) is 0 Å². The first-order valence-corrected chi connectivity index (χ1v) is 3.21. The molecule has 56 valence electrons. The number of hydrogen-bond acceptors (Lipinski definition) is 3. The van der Waals surface area contributed by atoms with Crippen LogP contribution in [0.1, 0.15) is 11.3 Å². The molecule has 1 aromatic heterocycles. The smallest absolute Gasteiger partial charge is 0.140 e. The molecule has 0 aliphatic heterocycles. The molecule has 0 aliphatic carbocycles. The third kappa shape index (κ3) is 2.03. The zero-order chi connectivity index (χ0) is 8.10. The van der Waals surface area contributed by atoms with Crippen LogP contribution in [0, 0.1) is 11.3 Å². The summed E-state index contributed by atoms with van der Waals surface area (Å²) < 4.78 is 4.89. The zero-order valence-corrected chi connectivity index (χ0v) is 6.24. The second-order valence-electron chi connectivity index (χ2n) is 2.09. The summed E-state index contributed by atoms with van der Waals surface area (Å²) >= 11 is 0. The quantitative estimate of drug-likeness (QED) is 0.630. The summed E-state index contributed by atoms with van der Waals surface area (Å²) in [6.07, 6.45) is 1.60. The van der Waals surface area contributed by atoms with Gasteiger partial charge in [-0.15, -0.1) is 0 Å². The van der Waals surface area contributed by atoms with Gasteiger partial charge in [-0.3, -0.25) is 0 Å². The molecule has 0 aliphatic rings. The first kappa shape index (κ1) is 7.70. The Hall–Kier alpha value is -1.40. The van der Waals surface area contributed by atoms with Crippen molar-refractivity contribution >= 4 is 0 Å². The third-order valence-corrected chi connectivity index (χ3v) is 1.25. The maximum absolute atomic E-state index is 8.48. The second kappa shape index (κ2) is 3.69. The number of nitrogens with zero attached hydrogens (tertiary/aromatic N) is 2. The summed E-state index contributed by atoms with van der Waals surface area (Å²) in [6, 6.07) is 5.49. The molecule has 0 bridgehead atoms. The third-order valence-electron chi connectivity index (χ3n) is 1.25. The van der Waals surface area contributed by atoms with Gasteiger partial charge in [0, 0.05) is 13.3 Å². The van der Waals surface area contributed by atoms with Gasteiger partial charge in [0.05, 0.1) is 6.61 Å². The molecule has 0 radical (unpaired) electrons. The van der Waals surface area contributed by atoms with Gasteiger partial charge in [-0.2, -0.15) is 5.26 Å². The molecule has 0 atom stereocenters. The summed E-state index contributed by atoms with van der Waals surface area (Å²) in [5.74, 6) is 0. The van der Waals surface area contributed by atoms with Crippen molar-refractivity contribution in [3.8, 4) is 6.07 Å². The van der Waals surface area contributed by atoms with Gasteiger partial charge in [-0.1, -0.05) is 0 Å². The second-order valence-corrected chi connectivity index (χ2v) is 2.09. The van der Waals surface area contributed by atoms with Gasteiger partial charge in [0.1, 0.15) is 11.8 Å². The topological polar surface area (TPSA) is 45.9 Å². The summed E-state index contributed by atoms with van der Waals surface area (Å²) in [5, 5.41) is 8.48. The fourth-order valence-corrected chi connectivity index (χ4v) is 0.792. The Labute approximate surface area is 65.3 Å². The Morgan fingerprint density at radius 2 is 2.55 bits per heavy atom. The number of rotatable bonds is 2. The molecule has 0 unspecified atom stereocenters. The number of methoxy groups -OCH3 is 1. The minimum Gasteiger partial charge on any atom is -0.380 e. The van der Waals surface area contributed by atoms with Gasteiger partial charge in [0.15, 0.2) is 0 Å². The van der Waals surface area contributed by atoms with E-state index in [0.29, 0.717) is 12.3 Å². The van der Waals surface area contributed by atoms with Gasteiger partial charge in [-0.05, 0) is 17.7 Å². The van der Waals surface area contributed by atoms with Crippen molar-refractivity contribution in [2.75, 3.05) is 7.11 Å². The molecule has 3 heteroatoms. The molecule has 0 fully saturated rings. The number of aromatic nitrogens is 1. The van der Waals surface area contributed by atoms with Gasteiger partial charge in [0.2, 0.25) is 0 Å². The molecular weight excluding hydrogens is 140 g/mol. The summed E-state index contributed by atoms with van der Waals surface area (Å²) in [7, 11) is 1.62. The predicted octanol–water partition coefficient (Wildman–Crippen LogP) is 1.10. The van der Waals surface area contributed by atoms with Crippen molar-refractivity contribution < 1.29 is 4.74 Å². The molecule has 1 rings (SSSR count). The first-order chi connectivity index (χ1) is 5.36. The number of ether oxygens (including phenoxy) is 1. The van der Waals surface area contributed by atoms with E-state index in [1.165, 1.54) is 0 Å². The highest BCUT2D eigenvalue weighted by Crippen LogP contribution is 2.01. The van der Waals surface area contributed by atoms with E-state index in [1.807, 2.05) is 12.1 Å². The van der Waals surface area contributed by atoms with Crippen LogP contribution in [-0.4, -0.2) is 12.1 Å². The van der Waals surface area contributed by atoms with Crippen LogP contribution in [0.4, 0.5) is 0 Å². The average Bonchev–Trinajstić information content (AvgIpc) is 2.06.